The number of nitrogens with two attached hydrogens (primary N) is 1. The Morgan fingerprint density at radius 3 is 2.03 bits per heavy atom. The second-order valence-electron chi connectivity index (χ2n) is 9.32. The lowest BCUT2D eigenvalue weighted by atomic mass is 9.86. The van der Waals surface area contributed by atoms with Crippen molar-refractivity contribution in [1.29, 1.82) is 0 Å². The minimum atomic E-state index is -0.352. The van der Waals surface area contributed by atoms with Crippen LogP contribution in [0, 0.1) is 18.3 Å². The number of primary amides is 1. The number of carbonyl (C=O) groups is 2. The molecule has 5 heteroatoms. The molecule has 0 aliphatic heterocycles. The van der Waals surface area contributed by atoms with Crippen LogP contribution in [-0.2, 0) is 9.59 Å². The molecule has 0 saturated carbocycles. The van der Waals surface area contributed by atoms with E-state index in [9.17, 15) is 9.59 Å². The van der Waals surface area contributed by atoms with E-state index in [1.807, 2.05) is 79.8 Å². The third kappa shape index (κ3) is 13.7. The number of nitrogens with one attached hydrogen (secondary N) is 1. The van der Waals surface area contributed by atoms with Crippen molar-refractivity contribution >= 4 is 17.5 Å². The topological polar surface area (TPSA) is 75.4 Å². The Morgan fingerprint density at radius 1 is 1.22 bits per heavy atom. The van der Waals surface area contributed by atoms with Crippen LogP contribution >= 0.6 is 0 Å². The molecule has 0 radical (unpaired) electrons. The number of unbranched alkanes of at least 4 members (excludes halogenated alkanes) is 1. The third-order valence-electron chi connectivity index (χ3n) is 4.53. The molecule has 0 saturated heterocycles. The SMILES string of the molecule is C/C=C\CCC.C=C(C)N[C@H](C(N)=O)C(C)(C)C.Cc1ccccc1N(C)C(=O)C(C)C. The molecule has 1 aromatic carbocycles. The lowest BCUT2D eigenvalue weighted by Gasteiger charge is -2.29. The fourth-order valence-corrected chi connectivity index (χ4v) is 2.74. The van der Waals surface area contributed by atoms with Gasteiger partial charge in [-0.15, -0.1) is 0 Å². The van der Waals surface area contributed by atoms with Gasteiger partial charge in [-0.1, -0.05) is 84.9 Å². The zero-order valence-corrected chi connectivity index (χ0v) is 22.1. The Bertz CT molecular complexity index is 731. The molecule has 0 fully saturated rings. The molecule has 182 valence electrons. The molecule has 0 aromatic heterocycles. The quantitative estimate of drug-likeness (QED) is 0.506. The molecule has 0 heterocycles. The van der Waals surface area contributed by atoms with Gasteiger partial charge < -0.3 is 16.0 Å². The highest BCUT2D eigenvalue weighted by atomic mass is 16.2. The summed E-state index contributed by atoms with van der Waals surface area (Å²) in [5.74, 6) is -0.149. The predicted octanol–water partition coefficient (Wildman–Crippen LogP) is 5.99. The van der Waals surface area contributed by atoms with Crippen LogP contribution in [0.4, 0.5) is 5.69 Å². The number of hydrogen-bond acceptors (Lipinski definition) is 3. The van der Waals surface area contributed by atoms with Gasteiger partial charge in [-0.2, -0.15) is 0 Å². The Balaban J connectivity index is 0. The van der Waals surface area contributed by atoms with Crippen molar-refractivity contribution in [3.63, 3.8) is 0 Å². The van der Waals surface area contributed by atoms with Gasteiger partial charge in [0, 0.05) is 24.4 Å². The first-order valence-electron chi connectivity index (χ1n) is 11.4. The normalized spacial score (nSPS) is 11.6. The zero-order chi connectivity index (χ0) is 25.5. The summed E-state index contributed by atoms with van der Waals surface area (Å²) in [6, 6.07) is 7.56. The van der Waals surface area contributed by atoms with Crippen LogP contribution < -0.4 is 16.0 Å². The van der Waals surface area contributed by atoms with Crippen molar-refractivity contribution in [1.82, 2.24) is 5.32 Å². The van der Waals surface area contributed by atoms with Gasteiger partial charge in [0.15, 0.2) is 0 Å². The number of nitrogens with zero attached hydrogens (tertiary/aromatic N) is 1. The molecule has 0 aliphatic carbocycles. The highest BCUT2D eigenvalue weighted by Gasteiger charge is 2.28. The van der Waals surface area contributed by atoms with Gasteiger partial charge in [0.25, 0.3) is 0 Å². The maximum Gasteiger partial charge on any atom is 0.240 e. The zero-order valence-electron chi connectivity index (χ0n) is 22.1. The standard InChI is InChI=1S/C12H17NO.C9H18N2O.C6H12/c1-9(2)12(14)13(4)11-8-6-5-7-10(11)3;1-6(2)11-7(8(10)12)9(3,4)5;1-3-5-6-4-2/h5-9H,1-4H3;7,11H,1H2,2-5H3,(H2,10,12);3,5H,4,6H2,1-2H3/b;;5-3-/t;7-;/m.1./s1. The minimum Gasteiger partial charge on any atom is -0.377 e. The van der Waals surface area contributed by atoms with Crippen molar-refractivity contribution in [3.8, 4) is 0 Å². The summed E-state index contributed by atoms with van der Waals surface area (Å²) in [7, 11) is 1.82. The monoisotopic (exact) mass is 445 g/mol. The predicted molar refractivity (Wildman–Crippen MR) is 140 cm³/mol. The van der Waals surface area contributed by atoms with E-state index in [0.717, 1.165) is 16.9 Å². The first kappa shape index (κ1) is 31.6. The van der Waals surface area contributed by atoms with Crippen LogP contribution in [0.3, 0.4) is 0 Å². The summed E-state index contributed by atoms with van der Waals surface area (Å²) in [5, 5.41) is 2.95. The summed E-state index contributed by atoms with van der Waals surface area (Å²) in [4.78, 5) is 24.4. The molecule has 0 aliphatic rings. The van der Waals surface area contributed by atoms with Crippen molar-refractivity contribution < 1.29 is 9.59 Å². The number of carbonyl (C=O) groups excluding carboxylic acids is 2. The van der Waals surface area contributed by atoms with E-state index in [-0.39, 0.29) is 29.2 Å². The van der Waals surface area contributed by atoms with Crippen molar-refractivity contribution in [2.45, 2.75) is 81.2 Å². The first-order valence-corrected chi connectivity index (χ1v) is 11.4. The number of benzene rings is 1. The summed E-state index contributed by atoms with van der Waals surface area (Å²) in [6.07, 6.45) is 6.77. The first-order chi connectivity index (χ1) is 14.7. The number of para-hydroxylation sites is 1. The Hall–Kier alpha value is -2.56. The highest BCUT2D eigenvalue weighted by molar-refractivity contribution is 5.94. The van der Waals surface area contributed by atoms with Crippen LogP contribution in [-0.4, -0.2) is 24.9 Å². The average molecular weight is 446 g/mol. The van der Waals surface area contributed by atoms with E-state index in [1.165, 1.54) is 12.8 Å². The maximum atomic E-state index is 11.7. The van der Waals surface area contributed by atoms with E-state index in [4.69, 9.17) is 5.73 Å². The number of aryl methyl sites for hydroxylation is 1. The van der Waals surface area contributed by atoms with Gasteiger partial charge in [0.2, 0.25) is 11.8 Å². The summed E-state index contributed by atoms with van der Waals surface area (Å²) >= 11 is 0. The Morgan fingerprint density at radius 2 is 1.75 bits per heavy atom. The molecule has 1 aromatic rings. The fraction of sp³-hybridized carbons (Fsp3) is 0.556. The van der Waals surface area contributed by atoms with E-state index >= 15 is 0 Å². The molecule has 3 N–H and O–H groups in total. The number of amides is 2. The number of hydrogen-bond donors (Lipinski definition) is 2. The van der Waals surface area contributed by atoms with Crippen LogP contribution in [0.5, 0.6) is 0 Å². The van der Waals surface area contributed by atoms with Gasteiger partial charge in [-0.3, -0.25) is 9.59 Å². The van der Waals surface area contributed by atoms with Gasteiger partial charge >= 0.3 is 0 Å². The average Bonchev–Trinajstić information content (AvgIpc) is 2.69. The van der Waals surface area contributed by atoms with Crippen LogP contribution in [0.25, 0.3) is 0 Å². The highest BCUT2D eigenvalue weighted by Crippen LogP contribution is 2.20. The largest absolute Gasteiger partial charge is 0.377 e. The van der Waals surface area contributed by atoms with Crippen LogP contribution in [0.15, 0.2) is 48.7 Å². The second kappa shape index (κ2) is 16.1. The van der Waals surface area contributed by atoms with Gasteiger partial charge in [0.05, 0.1) is 0 Å². The summed E-state index contributed by atoms with van der Waals surface area (Å²) in [6.45, 7) is 21.4. The van der Waals surface area contributed by atoms with E-state index < -0.39 is 0 Å². The molecule has 0 unspecified atom stereocenters. The third-order valence-corrected chi connectivity index (χ3v) is 4.53. The Kier molecular flexibility index (Phi) is 15.9. The molecule has 1 atom stereocenters. The summed E-state index contributed by atoms with van der Waals surface area (Å²) < 4.78 is 0. The lowest BCUT2D eigenvalue weighted by Crippen LogP contribution is -2.48. The fourth-order valence-electron chi connectivity index (χ4n) is 2.74. The van der Waals surface area contributed by atoms with E-state index in [1.54, 1.807) is 4.90 Å². The summed E-state index contributed by atoms with van der Waals surface area (Å²) in [5.41, 5.74) is 7.93. The molecule has 1 rings (SSSR count). The number of allylic oxidation sites excluding steroid dienone is 3. The van der Waals surface area contributed by atoms with Crippen molar-refractivity contribution in [3.05, 3.63) is 54.3 Å². The van der Waals surface area contributed by atoms with Gasteiger partial charge in [-0.25, -0.2) is 0 Å². The number of anilines is 1. The van der Waals surface area contributed by atoms with Crippen molar-refractivity contribution in [2.75, 3.05) is 11.9 Å². The van der Waals surface area contributed by atoms with Gasteiger partial charge in [-0.05, 0) is 44.2 Å². The van der Waals surface area contributed by atoms with E-state index in [2.05, 4.69) is 37.9 Å². The van der Waals surface area contributed by atoms with Crippen molar-refractivity contribution in [2.24, 2.45) is 17.1 Å². The molecular weight excluding hydrogens is 398 g/mol. The molecule has 2 amide bonds. The minimum absolute atomic E-state index is 0.0413. The number of rotatable bonds is 7. The van der Waals surface area contributed by atoms with Crippen LogP contribution in [0.1, 0.15) is 73.8 Å². The molecule has 32 heavy (non-hydrogen) atoms. The molecule has 5 nitrogen and oxygen atoms in total. The molecule has 0 spiro atoms. The van der Waals surface area contributed by atoms with Gasteiger partial charge in [0.1, 0.15) is 6.04 Å². The second-order valence-corrected chi connectivity index (χ2v) is 9.32. The Labute approximate surface area is 197 Å². The van der Waals surface area contributed by atoms with Crippen LogP contribution in [0.2, 0.25) is 0 Å². The molecule has 0 bridgehead atoms. The maximum absolute atomic E-state index is 11.7. The smallest absolute Gasteiger partial charge is 0.240 e. The molecular formula is C27H47N3O2. The lowest BCUT2D eigenvalue weighted by molar-refractivity contribution is -0.122. The van der Waals surface area contributed by atoms with E-state index in [0.29, 0.717) is 0 Å².